The van der Waals surface area contributed by atoms with Crippen LogP contribution in [0.2, 0.25) is 5.02 Å². The Hall–Kier alpha value is -2.30. The third-order valence-electron chi connectivity index (χ3n) is 3.89. The number of hydrogen-bond acceptors (Lipinski definition) is 3. The lowest BCUT2D eigenvalue weighted by Gasteiger charge is -2.19. The average Bonchev–Trinajstić information content (AvgIpc) is 3.14. The van der Waals surface area contributed by atoms with E-state index >= 15 is 0 Å². The van der Waals surface area contributed by atoms with Gasteiger partial charge in [0.15, 0.2) is 0 Å². The molecule has 0 aliphatic carbocycles. The number of halogens is 1. The highest BCUT2D eigenvalue weighted by Gasteiger charge is 2.17. The SMILES string of the molecule is Cc1cc(Cl)ccc1NCC(=O)NC(c1ccccc1)c1cccs1. The number of carbonyl (C=O) groups is 1. The summed E-state index contributed by atoms with van der Waals surface area (Å²) in [6, 6.07) is 19.5. The number of nitrogens with one attached hydrogen (secondary N) is 2. The highest BCUT2D eigenvalue weighted by atomic mass is 35.5. The molecule has 25 heavy (non-hydrogen) atoms. The third kappa shape index (κ3) is 4.62. The first-order valence-corrected chi connectivity index (χ1v) is 9.27. The second-order valence-electron chi connectivity index (χ2n) is 5.74. The van der Waals surface area contributed by atoms with E-state index in [4.69, 9.17) is 11.6 Å². The second kappa shape index (κ2) is 8.19. The van der Waals surface area contributed by atoms with E-state index in [1.54, 1.807) is 11.3 Å². The van der Waals surface area contributed by atoms with Gasteiger partial charge in [-0.25, -0.2) is 0 Å². The highest BCUT2D eigenvalue weighted by molar-refractivity contribution is 7.10. The molecular weight excluding hydrogens is 352 g/mol. The Bertz CT molecular complexity index is 834. The summed E-state index contributed by atoms with van der Waals surface area (Å²) in [5.41, 5.74) is 2.99. The molecule has 2 N–H and O–H groups in total. The first-order valence-electron chi connectivity index (χ1n) is 8.01. The summed E-state index contributed by atoms with van der Waals surface area (Å²) in [6.07, 6.45) is 0. The number of amides is 1. The maximum atomic E-state index is 12.5. The first-order chi connectivity index (χ1) is 12.1. The van der Waals surface area contributed by atoms with Gasteiger partial charge in [-0.1, -0.05) is 48.0 Å². The molecule has 1 amide bonds. The molecule has 0 spiro atoms. The highest BCUT2D eigenvalue weighted by Crippen LogP contribution is 2.26. The fraction of sp³-hybridized carbons (Fsp3) is 0.150. The fourth-order valence-corrected chi connectivity index (χ4v) is 3.66. The van der Waals surface area contributed by atoms with Crippen molar-refractivity contribution in [3.05, 3.63) is 87.1 Å². The van der Waals surface area contributed by atoms with Crippen LogP contribution in [-0.4, -0.2) is 12.5 Å². The van der Waals surface area contributed by atoms with Gasteiger partial charge in [-0.3, -0.25) is 4.79 Å². The maximum Gasteiger partial charge on any atom is 0.240 e. The minimum atomic E-state index is -0.137. The lowest BCUT2D eigenvalue weighted by atomic mass is 10.1. The number of anilines is 1. The molecule has 0 saturated carbocycles. The predicted molar refractivity (Wildman–Crippen MR) is 105 cm³/mol. The Balaban J connectivity index is 1.68. The number of rotatable bonds is 6. The van der Waals surface area contributed by atoms with E-state index in [-0.39, 0.29) is 18.5 Å². The summed E-state index contributed by atoms with van der Waals surface area (Å²) >= 11 is 7.60. The molecule has 3 rings (SSSR count). The number of carbonyl (C=O) groups excluding carboxylic acids is 1. The standard InChI is InChI=1S/C20H19ClN2OS/c1-14-12-16(21)9-10-17(14)22-13-19(24)23-20(18-8-5-11-25-18)15-6-3-2-4-7-15/h2-12,20,22H,13H2,1H3,(H,23,24). The van der Waals surface area contributed by atoms with Gasteiger partial charge in [0.2, 0.25) is 5.91 Å². The smallest absolute Gasteiger partial charge is 0.240 e. The molecule has 0 bridgehead atoms. The van der Waals surface area contributed by atoms with E-state index in [1.165, 1.54) is 0 Å². The van der Waals surface area contributed by atoms with Gasteiger partial charge in [0, 0.05) is 15.6 Å². The van der Waals surface area contributed by atoms with Crippen LogP contribution in [-0.2, 0) is 4.79 Å². The van der Waals surface area contributed by atoms with Crippen LogP contribution in [0.5, 0.6) is 0 Å². The minimum Gasteiger partial charge on any atom is -0.376 e. The molecule has 0 fully saturated rings. The van der Waals surface area contributed by atoms with Gasteiger partial charge < -0.3 is 10.6 Å². The van der Waals surface area contributed by atoms with Gasteiger partial charge in [-0.15, -0.1) is 11.3 Å². The van der Waals surface area contributed by atoms with E-state index in [2.05, 4.69) is 10.6 Å². The normalized spacial score (nSPS) is 11.8. The van der Waals surface area contributed by atoms with Crippen LogP contribution in [0.1, 0.15) is 22.0 Å². The van der Waals surface area contributed by atoms with Crippen LogP contribution in [0, 0.1) is 6.92 Å². The molecule has 1 aromatic heterocycles. The molecule has 3 aromatic rings. The minimum absolute atomic E-state index is 0.0587. The quantitative estimate of drug-likeness (QED) is 0.639. The average molecular weight is 371 g/mol. The number of aryl methyl sites for hydroxylation is 1. The molecular formula is C20H19ClN2OS. The third-order valence-corrected chi connectivity index (χ3v) is 5.07. The summed E-state index contributed by atoms with van der Waals surface area (Å²) in [5, 5.41) is 9.00. The van der Waals surface area contributed by atoms with Crippen LogP contribution in [0.15, 0.2) is 66.0 Å². The van der Waals surface area contributed by atoms with Gasteiger partial charge in [0.05, 0.1) is 12.6 Å². The van der Waals surface area contributed by atoms with Crippen molar-refractivity contribution in [2.24, 2.45) is 0 Å². The first kappa shape index (κ1) is 17.5. The van der Waals surface area contributed by atoms with Crippen molar-refractivity contribution in [1.82, 2.24) is 5.32 Å². The predicted octanol–water partition coefficient (Wildman–Crippen LogP) is 5.03. The topological polar surface area (TPSA) is 41.1 Å². The van der Waals surface area contributed by atoms with Gasteiger partial charge >= 0.3 is 0 Å². The van der Waals surface area contributed by atoms with E-state index < -0.39 is 0 Å². The number of benzene rings is 2. The van der Waals surface area contributed by atoms with Crippen molar-refractivity contribution in [3.63, 3.8) is 0 Å². The van der Waals surface area contributed by atoms with Crippen molar-refractivity contribution >= 4 is 34.5 Å². The molecule has 0 saturated heterocycles. The molecule has 0 aliphatic rings. The Labute approximate surface area is 156 Å². The van der Waals surface area contributed by atoms with Crippen molar-refractivity contribution in [3.8, 4) is 0 Å². The largest absolute Gasteiger partial charge is 0.376 e. The number of hydrogen-bond donors (Lipinski definition) is 2. The molecule has 1 atom stereocenters. The molecule has 0 radical (unpaired) electrons. The molecule has 5 heteroatoms. The van der Waals surface area contributed by atoms with Crippen LogP contribution < -0.4 is 10.6 Å². The second-order valence-corrected chi connectivity index (χ2v) is 7.16. The summed E-state index contributed by atoms with van der Waals surface area (Å²) in [5.74, 6) is -0.0587. The summed E-state index contributed by atoms with van der Waals surface area (Å²) in [7, 11) is 0. The fourth-order valence-electron chi connectivity index (χ4n) is 2.63. The Morgan fingerprint density at radius 3 is 2.60 bits per heavy atom. The van der Waals surface area contributed by atoms with Crippen LogP contribution in [0.3, 0.4) is 0 Å². The zero-order chi connectivity index (χ0) is 17.6. The van der Waals surface area contributed by atoms with Crippen molar-refractivity contribution in [2.75, 3.05) is 11.9 Å². The molecule has 0 aliphatic heterocycles. The zero-order valence-corrected chi connectivity index (χ0v) is 15.4. The molecule has 3 nitrogen and oxygen atoms in total. The van der Waals surface area contributed by atoms with Gasteiger partial charge in [0.1, 0.15) is 0 Å². The summed E-state index contributed by atoms with van der Waals surface area (Å²) in [4.78, 5) is 13.6. The van der Waals surface area contributed by atoms with Crippen molar-refractivity contribution < 1.29 is 4.79 Å². The van der Waals surface area contributed by atoms with E-state index in [1.807, 2.05) is 73.0 Å². The van der Waals surface area contributed by atoms with Crippen molar-refractivity contribution in [1.29, 1.82) is 0 Å². The van der Waals surface area contributed by atoms with Crippen LogP contribution in [0.25, 0.3) is 0 Å². The molecule has 1 heterocycles. The zero-order valence-electron chi connectivity index (χ0n) is 13.8. The number of thiophene rings is 1. The van der Waals surface area contributed by atoms with E-state index in [0.717, 1.165) is 21.7 Å². The molecule has 1 unspecified atom stereocenters. The van der Waals surface area contributed by atoms with Gasteiger partial charge in [0.25, 0.3) is 0 Å². The molecule has 2 aromatic carbocycles. The summed E-state index contributed by atoms with van der Waals surface area (Å²) < 4.78 is 0. The lowest BCUT2D eigenvalue weighted by molar-refractivity contribution is -0.119. The van der Waals surface area contributed by atoms with E-state index in [9.17, 15) is 4.79 Å². The Morgan fingerprint density at radius 1 is 1.12 bits per heavy atom. The lowest BCUT2D eigenvalue weighted by Crippen LogP contribution is -2.33. The summed E-state index contributed by atoms with van der Waals surface area (Å²) in [6.45, 7) is 2.17. The van der Waals surface area contributed by atoms with Gasteiger partial charge in [-0.2, -0.15) is 0 Å². The Kier molecular flexibility index (Phi) is 5.74. The molecule has 128 valence electrons. The van der Waals surface area contributed by atoms with Gasteiger partial charge in [-0.05, 0) is 47.7 Å². The van der Waals surface area contributed by atoms with E-state index in [0.29, 0.717) is 5.02 Å². The maximum absolute atomic E-state index is 12.5. The van der Waals surface area contributed by atoms with Crippen LogP contribution in [0.4, 0.5) is 5.69 Å². The monoisotopic (exact) mass is 370 g/mol. The van der Waals surface area contributed by atoms with Crippen LogP contribution >= 0.6 is 22.9 Å². The van der Waals surface area contributed by atoms with Crippen molar-refractivity contribution in [2.45, 2.75) is 13.0 Å². The Morgan fingerprint density at radius 2 is 1.92 bits per heavy atom.